The molecule has 128 valence electrons. The van der Waals surface area contributed by atoms with Crippen LogP contribution >= 0.6 is 0 Å². The Morgan fingerprint density at radius 1 is 0.692 bits per heavy atom. The Morgan fingerprint density at radius 3 is 2.31 bits per heavy atom. The zero-order valence-electron chi connectivity index (χ0n) is 14.3. The molecule has 0 amide bonds. The molecule has 3 aromatic rings. The van der Waals surface area contributed by atoms with Gasteiger partial charge in [-0.2, -0.15) is 0 Å². The number of aryl methyl sites for hydroxylation is 1. The average Bonchev–Trinajstić information content (AvgIpc) is 2.68. The first-order valence-electron chi connectivity index (χ1n) is 8.71. The van der Waals surface area contributed by atoms with E-state index >= 15 is 0 Å². The predicted octanol–water partition coefficient (Wildman–Crippen LogP) is 4.63. The van der Waals surface area contributed by atoms with E-state index in [9.17, 15) is 9.59 Å². The summed E-state index contributed by atoms with van der Waals surface area (Å²) in [5, 5.41) is 0. The second kappa shape index (κ2) is 6.96. The van der Waals surface area contributed by atoms with Gasteiger partial charge in [0.1, 0.15) is 11.5 Å². The van der Waals surface area contributed by atoms with Crippen LogP contribution in [0.15, 0.2) is 72.8 Å². The first kappa shape index (κ1) is 16.3. The molecule has 4 rings (SSSR count). The van der Waals surface area contributed by atoms with Crippen LogP contribution in [0.4, 0.5) is 0 Å². The van der Waals surface area contributed by atoms with Crippen molar-refractivity contribution >= 4 is 11.8 Å². The average molecular weight is 342 g/mol. The summed E-state index contributed by atoms with van der Waals surface area (Å²) in [5.41, 5.74) is 4.21. The lowest BCUT2D eigenvalue weighted by Gasteiger charge is -2.15. The van der Waals surface area contributed by atoms with Gasteiger partial charge in [0, 0.05) is 18.4 Å². The number of carbonyl (C=O) groups is 2. The van der Waals surface area contributed by atoms with E-state index in [1.54, 1.807) is 12.1 Å². The molecule has 3 nitrogen and oxygen atoms in total. The van der Waals surface area contributed by atoms with E-state index in [-0.39, 0.29) is 18.2 Å². The largest absolute Gasteiger partial charge is 0.423 e. The van der Waals surface area contributed by atoms with Crippen LogP contribution < -0.4 is 4.74 Å². The Morgan fingerprint density at radius 2 is 1.46 bits per heavy atom. The SMILES string of the molecule is O=C1CCc2ccccc2C(=O)Oc2ccc(-c3ccccc3)cc2C1. The second-order valence-electron chi connectivity index (χ2n) is 6.45. The number of fused-ring (bicyclic) bond motifs is 2. The number of rotatable bonds is 1. The molecule has 3 heteroatoms. The number of hydrogen-bond donors (Lipinski definition) is 0. The zero-order valence-corrected chi connectivity index (χ0v) is 14.3. The summed E-state index contributed by atoms with van der Waals surface area (Å²) in [6, 6.07) is 22.9. The van der Waals surface area contributed by atoms with E-state index in [0.717, 1.165) is 22.3 Å². The standard InChI is InChI=1S/C23H18O3/c24-20-12-10-17-8-4-5-9-21(17)23(25)26-22-13-11-18(14-19(22)15-20)16-6-2-1-3-7-16/h1-9,11,13-14H,10,12,15H2. The Hall–Kier alpha value is -3.20. The minimum absolute atomic E-state index is 0.143. The highest BCUT2D eigenvalue weighted by atomic mass is 16.5. The molecule has 1 aliphatic rings. The van der Waals surface area contributed by atoms with Crippen molar-refractivity contribution in [1.82, 2.24) is 0 Å². The maximum absolute atomic E-state index is 12.6. The summed E-state index contributed by atoms with van der Waals surface area (Å²) in [7, 11) is 0. The summed E-state index contributed by atoms with van der Waals surface area (Å²) < 4.78 is 5.65. The van der Waals surface area contributed by atoms with Crippen LogP contribution in [0, 0.1) is 0 Å². The maximum Gasteiger partial charge on any atom is 0.343 e. The van der Waals surface area contributed by atoms with Crippen molar-refractivity contribution in [2.45, 2.75) is 19.3 Å². The quantitative estimate of drug-likeness (QED) is 0.478. The Labute approximate surface area is 152 Å². The van der Waals surface area contributed by atoms with Gasteiger partial charge in [-0.3, -0.25) is 4.79 Å². The lowest BCUT2D eigenvalue weighted by atomic mass is 9.95. The summed E-state index contributed by atoms with van der Waals surface area (Å²) in [5.74, 6) is 0.229. The lowest BCUT2D eigenvalue weighted by molar-refractivity contribution is -0.118. The summed E-state index contributed by atoms with van der Waals surface area (Å²) in [6.45, 7) is 0. The number of ether oxygens (including phenoxy) is 1. The fraction of sp³-hybridized carbons (Fsp3) is 0.130. The third-order valence-corrected chi connectivity index (χ3v) is 4.67. The smallest absolute Gasteiger partial charge is 0.343 e. The van der Waals surface area contributed by atoms with Crippen molar-refractivity contribution in [3.63, 3.8) is 0 Å². The molecule has 0 N–H and O–H groups in total. The Balaban J connectivity index is 1.76. The summed E-state index contributed by atoms with van der Waals surface area (Å²) in [4.78, 5) is 25.1. The van der Waals surface area contributed by atoms with Crippen molar-refractivity contribution in [2.24, 2.45) is 0 Å². The molecule has 26 heavy (non-hydrogen) atoms. The molecule has 0 fully saturated rings. The lowest BCUT2D eigenvalue weighted by Crippen LogP contribution is -2.16. The monoisotopic (exact) mass is 342 g/mol. The normalized spacial score (nSPS) is 14.2. The molecule has 0 saturated carbocycles. The highest BCUT2D eigenvalue weighted by Crippen LogP contribution is 2.29. The zero-order chi connectivity index (χ0) is 17.9. The molecule has 1 heterocycles. The van der Waals surface area contributed by atoms with Gasteiger partial charge < -0.3 is 4.74 Å². The highest BCUT2D eigenvalue weighted by Gasteiger charge is 2.20. The van der Waals surface area contributed by atoms with Crippen molar-refractivity contribution in [2.75, 3.05) is 0 Å². The Kier molecular flexibility index (Phi) is 4.36. The molecule has 1 aliphatic heterocycles. The molecule has 0 saturated heterocycles. The first-order valence-corrected chi connectivity index (χ1v) is 8.71. The van der Waals surface area contributed by atoms with Crippen LogP contribution in [0.3, 0.4) is 0 Å². The molecule has 0 spiro atoms. The fourth-order valence-electron chi connectivity index (χ4n) is 3.29. The van der Waals surface area contributed by atoms with Crippen LogP contribution in [0.1, 0.15) is 27.9 Å². The minimum Gasteiger partial charge on any atom is -0.423 e. The molecule has 0 bridgehead atoms. The third kappa shape index (κ3) is 3.29. The maximum atomic E-state index is 12.6. The van der Waals surface area contributed by atoms with Crippen molar-refractivity contribution in [3.05, 3.63) is 89.5 Å². The van der Waals surface area contributed by atoms with Crippen molar-refractivity contribution in [1.29, 1.82) is 0 Å². The molecule has 0 aromatic heterocycles. The van der Waals surface area contributed by atoms with Crippen LogP contribution in [0.5, 0.6) is 5.75 Å². The van der Waals surface area contributed by atoms with Crippen LogP contribution in [-0.2, 0) is 17.6 Å². The number of hydrogen-bond acceptors (Lipinski definition) is 3. The fourth-order valence-corrected chi connectivity index (χ4v) is 3.29. The van der Waals surface area contributed by atoms with E-state index in [1.807, 2.05) is 60.7 Å². The van der Waals surface area contributed by atoms with Gasteiger partial charge in [0.05, 0.1) is 5.56 Å². The second-order valence-corrected chi connectivity index (χ2v) is 6.45. The van der Waals surface area contributed by atoms with Gasteiger partial charge in [-0.05, 0) is 41.3 Å². The van der Waals surface area contributed by atoms with Gasteiger partial charge in [0.25, 0.3) is 0 Å². The number of Topliss-reactive ketones (excluding diaryl/α,β-unsaturated/α-hetero) is 1. The van der Waals surface area contributed by atoms with Crippen LogP contribution in [0.25, 0.3) is 11.1 Å². The first-order chi connectivity index (χ1) is 12.7. The van der Waals surface area contributed by atoms with E-state index in [1.165, 1.54) is 0 Å². The van der Waals surface area contributed by atoms with Gasteiger partial charge in [-0.25, -0.2) is 4.79 Å². The minimum atomic E-state index is -0.372. The van der Waals surface area contributed by atoms with Gasteiger partial charge in [0.2, 0.25) is 0 Å². The van der Waals surface area contributed by atoms with Gasteiger partial charge >= 0.3 is 5.97 Å². The van der Waals surface area contributed by atoms with E-state index < -0.39 is 0 Å². The topological polar surface area (TPSA) is 43.4 Å². The van der Waals surface area contributed by atoms with Crippen LogP contribution in [-0.4, -0.2) is 11.8 Å². The number of benzene rings is 3. The molecule has 0 unspecified atom stereocenters. The molecular weight excluding hydrogens is 324 g/mol. The summed E-state index contributed by atoms with van der Waals surface area (Å²) >= 11 is 0. The van der Waals surface area contributed by atoms with Gasteiger partial charge in [0.15, 0.2) is 0 Å². The Bertz CT molecular complexity index is 974. The number of carbonyl (C=O) groups excluding carboxylic acids is 2. The number of ketones is 1. The predicted molar refractivity (Wildman–Crippen MR) is 100 cm³/mol. The third-order valence-electron chi connectivity index (χ3n) is 4.67. The molecule has 0 atom stereocenters. The van der Waals surface area contributed by atoms with Crippen LogP contribution in [0.2, 0.25) is 0 Å². The van der Waals surface area contributed by atoms with Crippen molar-refractivity contribution < 1.29 is 14.3 Å². The van der Waals surface area contributed by atoms with E-state index in [0.29, 0.717) is 24.2 Å². The summed E-state index contributed by atoms with van der Waals surface area (Å²) in [6.07, 6.45) is 1.24. The van der Waals surface area contributed by atoms with Gasteiger partial charge in [-0.1, -0.05) is 54.6 Å². The van der Waals surface area contributed by atoms with E-state index in [4.69, 9.17) is 4.74 Å². The number of esters is 1. The molecule has 0 aliphatic carbocycles. The van der Waals surface area contributed by atoms with E-state index in [2.05, 4.69) is 0 Å². The van der Waals surface area contributed by atoms with Crippen molar-refractivity contribution in [3.8, 4) is 16.9 Å². The van der Waals surface area contributed by atoms with Gasteiger partial charge in [-0.15, -0.1) is 0 Å². The molecular formula is C23H18O3. The molecule has 0 radical (unpaired) electrons. The highest BCUT2D eigenvalue weighted by molar-refractivity contribution is 5.94. The molecule has 3 aromatic carbocycles.